The number of rotatable bonds is 4. The van der Waals surface area contributed by atoms with Crippen LogP contribution in [0.2, 0.25) is 0 Å². The van der Waals surface area contributed by atoms with Gasteiger partial charge in [-0.25, -0.2) is 0 Å². The summed E-state index contributed by atoms with van der Waals surface area (Å²) in [7, 11) is 0. The normalized spacial score (nSPS) is 14.1. The van der Waals surface area contributed by atoms with Crippen LogP contribution in [0.3, 0.4) is 0 Å². The summed E-state index contributed by atoms with van der Waals surface area (Å²) in [6, 6.07) is 1.20. The summed E-state index contributed by atoms with van der Waals surface area (Å²) < 4.78 is 155. The Morgan fingerprint density at radius 2 is 0.846 bits per heavy atom. The van der Waals surface area contributed by atoms with Crippen molar-refractivity contribution in [2.45, 2.75) is 36.9 Å². The highest BCUT2D eigenvalue weighted by Gasteiger charge is 2.60. The SMILES string of the molecule is FC(F)(F)C(Oc1cccc(OC(C(F)(F)F)C(F)(F)F)n1)C(F)(F)F. The lowest BCUT2D eigenvalue weighted by molar-refractivity contribution is -0.301. The number of ether oxygens (including phenoxy) is 2. The molecule has 0 aliphatic rings. The quantitative estimate of drug-likeness (QED) is 0.666. The molecule has 1 aromatic heterocycles. The van der Waals surface area contributed by atoms with E-state index in [0.717, 1.165) is 0 Å². The molecule has 0 aromatic carbocycles. The van der Waals surface area contributed by atoms with Crippen LogP contribution in [0.1, 0.15) is 0 Å². The molecule has 0 atom stereocenters. The van der Waals surface area contributed by atoms with Gasteiger partial charge in [0.05, 0.1) is 0 Å². The van der Waals surface area contributed by atoms with Gasteiger partial charge in [-0.1, -0.05) is 6.07 Å². The minimum absolute atomic E-state index is 0.355. The van der Waals surface area contributed by atoms with Gasteiger partial charge < -0.3 is 9.47 Å². The second-order valence-electron chi connectivity index (χ2n) is 4.48. The van der Waals surface area contributed by atoms with Gasteiger partial charge in [0.15, 0.2) is 0 Å². The summed E-state index contributed by atoms with van der Waals surface area (Å²) in [5.74, 6) is -3.10. The molecule has 0 amide bonds. The number of nitrogens with zero attached hydrogens (tertiary/aromatic N) is 1. The number of aromatic nitrogens is 1. The maximum atomic E-state index is 12.3. The number of hydrogen-bond donors (Lipinski definition) is 0. The monoisotopic (exact) mass is 411 g/mol. The van der Waals surface area contributed by atoms with Gasteiger partial charge in [-0.15, -0.1) is 0 Å². The van der Waals surface area contributed by atoms with Crippen LogP contribution in [0.4, 0.5) is 52.7 Å². The fourth-order valence-electron chi connectivity index (χ4n) is 1.41. The molecule has 0 saturated carbocycles. The highest BCUT2D eigenvalue weighted by molar-refractivity contribution is 5.21. The number of alkyl halides is 12. The van der Waals surface area contributed by atoms with Crippen LogP contribution in [-0.2, 0) is 0 Å². The van der Waals surface area contributed by atoms with Crippen molar-refractivity contribution in [3.8, 4) is 11.8 Å². The Hall–Kier alpha value is -2.09. The average Bonchev–Trinajstić information content (AvgIpc) is 2.37. The van der Waals surface area contributed by atoms with Crippen molar-refractivity contribution in [3.05, 3.63) is 18.2 Å². The van der Waals surface area contributed by atoms with E-state index in [9.17, 15) is 52.7 Å². The van der Waals surface area contributed by atoms with Crippen LogP contribution in [0.25, 0.3) is 0 Å². The summed E-state index contributed by atoms with van der Waals surface area (Å²) in [5, 5.41) is 0. The third-order valence-electron chi connectivity index (χ3n) is 2.36. The van der Waals surface area contributed by atoms with Crippen LogP contribution >= 0.6 is 0 Å². The molecule has 0 radical (unpaired) electrons. The first kappa shape index (κ1) is 22.0. The van der Waals surface area contributed by atoms with Gasteiger partial charge in [-0.2, -0.15) is 57.7 Å². The predicted octanol–water partition coefficient (Wildman–Crippen LogP) is 4.83. The summed E-state index contributed by atoms with van der Waals surface area (Å²) in [4.78, 5) is 2.66. The van der Waals surface area contributed by atoms with Crippen LogP contribution in [-0.4, -0.2) is 41.9 Å². The van der Waals surface area contributed by atoms with E-state index in [1.165, 1.54) is 0 Å². The van der Waals surface area contributed by atoms with E-state index in [0.29, 0.717) is 18.2 Å². The molecule has 0 saturated heterocycles. The molecule has 1 heterocycles. The Morgan fingerprint density at radius 1 is 0.577 bits per heavy atom. The van der Waals surface area contributed by atoms with Crippen LogP contribution in [0.15, 0.2) is 18.2 Å². The molecule has 0 fully saturated rings. The van der Waals surface area contributed by atoms with Crippen molar-refractivity contribution in [1.82, 2.24) is 4.98 Å². The molecule has 0 aliphatic carbocycles. The predicted molar refractivity (Wildman–Crippen MR) is 57.3 cm³/mol. The number of hydrogen-bond acceptors (Lipinski definition) is 3. The minimum atomic E-state index is -5.97. The molecule has 0 N–H and O–H groups in total. The molecule has 150 valence electrons. The Kier molecular flexibility index (Phi) is 5.83. The number of halogens is 12. The first-order chi connectivity index (χ1) is 11.4. The van der Waals surface area contributed by atoms with Gasteiger partial charge in [0.1, 0.15) is 0 Å². The van der Waals surface area contributed by atoms with Crippen molar-refractivity contribution in [2.75, 3.05) is 0 Å². The van der Waals surface area contributed by atoms with Crippen molar-refractivity contribution in [1.29, 1.82) is 0 Å². The average molecular weight is 411 g/mol. The zero-order valence-electron chi connectivity index (χ0n) is 11.7. The molecule has 0 bridgehead atoms. The maximum Gasteiger partial charge on any atom is 0.434 e. The van der Waals surface area contributed by atoms with Gasteiger partial charge in [-0.05, 0) is 0 Å². The maximum absolute atomic E-state index is 12.3. The van der Waals surface area contributed by atoms with E-state index in [2.05, 4.69) is 14.5 Å². The third kappa shape index (κ3) is 6.01. The van der Waals surface area contributed by atoms with Crippen molar-refractivity contribution < 1.29 is 62.2 Å². The van der Waals surface area contributed by atoms with E-state index in [-0.39, 0.29) is 0 Å². The topological polar surface area (TPSA) is 31.4 Å². The van der Waals surface area contributed by atoms with Crippen LogP contribution in [0, 0.1) is 0 Å². The second kappa shape index (κ2) is 6.90. The van der Waals surface area contributed by atoms with Gasteiger partial charge in [0.2, 0.25) is 11.8 Å². The van der Waals surface area contributed by atoms with Gasteiger partial charge in [0, 0.05) is 12.1 Å². The summed E-state index contributed by atoms with van der Waals surface area (Å²) in [5.41, 5.74) is 0. The first-order valence-electron chi connectivity index (χ1n) is 5.99. The minimum Gasteiger partial charge on any atom is -0.455 e. The zero-order valence-corrected chi connectivity index (χ0v) is 11.7. The van der Waals surface area contributed by atoms with Crippen LogP contribution in [0.5, 0.6) is 11.8 Å². The number of pyridine rings is 1. The van der Waals surface area contributed by atoms with E-state index >= 15 is 0 Å². The lowest BCUT2D eigenvalue weighted by atomic mass is 10.3. The first-order valence-corrected chi connectivity index (χ1v) is 5.99. The van der Waals surface area contributed by atoms with Crippen molar-refractivity contribution in [3.63, 3.8) is 0 Å². The van der Waals surface area contributed by atoms with Gasteiger partial charge in [0.25, 0.3) is 12.2 Å². The molecule has 0 aliphatic heterocycles. The molecular weight excluding hydrogens is 406 g/mol. The van der Waals surface area contributed by atoms with E-state index in [1.807, 2.05) is 0 Å². The second-order valence-corrected chi connectivity index (χ2v) is 4.48. The molecule has 0 spiro atoms. The largest absolute Gasteiger partial charge is 0.455 e. The summed E-state index contributed by atoms with van der Waals surface area (Å²) >= 11 is 0. The van der Waals surface area contributed by atoms with Crippen molar-refractivity contribution >= 4 is 0 Å². The van der Waals surface area contributed by atoms with E-state index < -0.39 is 48.7 Å². The molecule has 26 heavy (non-hydrogen) atoms. The highest BCUT2D eigenvalue weighted by atomic mass is 19.4. The van der Waals surface area contributed by atoms with Gasteiger partial charge in [-0.3, -0.25) is 0 Å². The fraction of sp³-hybridized carbons (Fsp3) is 0.545. The third-order valence-corrected chi connectivity index (χ3v) is 2.36. The highest BCUT2D eigenvalue weighted by Crippen LogP contribution is 2.38. The van der Waals surface area contributed by atoms with E-state index in [4.69, 9.17) is 0 Å². The Morgan fingerprint density at radius 3 is 1.08 bits per heavy atom. The summed E-state index contributed by atoms with van der Waals surface area (Å²) in [6.07, 6.45) is -32.7. The Balaban J connectivity index is 3.11. The molecule has 0 unspecified atom stereocenters. The summed E-state index contributed by atoms with van der Waals surface area (Å²) in [6.45, 7) is 0. The molecule has 3 nitrogen and oxygen atoms in total. The van der Waals surface area contributed by atoms with Gasteiger partial charge >= 0.3 is 24.7 Å². The molecular formula is C11H5F12NO2. The van der Waals surface area contributed by atoms with E-state index in [1.54, 1.807) is 0 Å². The zero-order chi connectivity index (χ0) is 20.6. The molecule has 15 heteroatoms. The lowest BCUT2D eigenvalue weighted by Crippen LogP contribution is -2.47. The standard InChI is InChI=1S/C11H5F12NO2/c12-8(13,14)6(9(15,16)17)25-4-2-1-3-5(24-4)26-7(10(18,19)20)11(21,22)23/h1-3,6-7H. The molecule has 1 rings (SSSR count). The lowest BCUT2D eigenvalue weighted by Gasteiger charge is -2.25. The smallest absolute Gasteiger partial charge is 0.434 e. The molecule has 1 aromatic rings. The van der Waals surface area contributed by atoms with Crippen LogP contribution < -0.4 is 9.47 Å². The van der Waals surface area contributed by atoms with Crippen molar-refractivity contribution in [2.24, 2.45) is 0 Å². The Bertz CT molecular complexity index is 526. The Labute approximate surface area is 135 Å². The fourth-order valence-corrected chi connectivity index (χ4v) is 1.41.